The molecule has 1 fully saturated rings. The summed E-state index contributed by atoms with van der Waals surface area (Å²) in [6.07, 6.45) is 22.7. The van der Waals surface area contributed by atoms with Crippen molar-refractivity contribution in [1.29, 1.82) is 0 Å². The predicted molar refractivity (Wildman–Crippen MR) is 144 cm³/mol. The average Bonchev–Trinajstić information content (AvgIpc) is 2.72. The highest BCUT2D eigenvalue weighted by Crippen LogP contribution is 2.43. The van der Waals surface area contributed by atoms with Crippen LogP contribution in [0.3, 0.4) is 0 Å². The summed E-state index contributed by atoms with van der Waals surface area (Å²) in [7, 11) is 0. The number of hydroxylamine groups is 2. The second-order valence-electron chi connectivity index (χ2n) is 12.3. The van der Waals surface area contributed by atoms with Gasteiger partial charge in [0.1, 0.15) is 5.78 Å². The minimum absolute atomic E-state index is 0.110. The summed E-state index contributed by atoms with van der Waals surface area (Å²) in [5.41, 5.74) is -0.515. The third-order valence-electron chi connectivity index (χ3n) is 7.43. The zero-order valence-corrected chi connectivity index (χ0v) is 23.7. The smallest absolute Gasteiger partial charge is 0.325 e. The third kappa shape index (κ3) is 13.3. The van der Waals surface area contributed by atoms with Crippen molar-refractivity contribution in [2.45, 2.75) is 175 Å². The van der Waals surface area contributed by atoms with Crippen LogP contribution >= 0.6 is 0 Å². The highest BCUT2D eigenvalue weighted by atomic mass is 16.7. The van der Waals surface area contributed by atoms with Crippen LogP contribution in [0.4, 0.5) is 0 Å². The van der Waals surface area contributed by atoms with Crippen LogP contribution in [0.25, 0.3) is 0 Å². The van der Waals surface area contributed by atoms with Crippen molar-refractivity contribution < 1.29 is 14.4 Å². The van der Waals surface area contributed by atoms with Crippen molar-refractivity contribution in [2.24, 2.45) is 5.92 Å². The number of Topliss-reactive ketones (excluding diaryl/α,β-unsaturated/α-hetero) is 1. The molecule has 0 saturated carbocycles. The Morgan fingerprint density at radius 3 is 1.47 bits per heavy atom. The number of hydrogen-bond acceptors (Lipinski definition) is 4. The number of carbonyl (C=O) groups is 2. The molecule has 0 radical (unpaired) electrons. The molecular weight excluding hydrogens is 422 g/mol. The molecule has 0 N–H and O–H groups in total. The van der Waals surface area contributed by atoms with E-state index < -0.39 is 0 Å². The topological polar surface area (TPSA) is 46.6 Å². The van der Waals surface area contributed by atoms with E-state index in [4.69, 9.17) is 4.84 Å². The summed E-state index contributed by atoms with van der Waals surface area (Å²) in [6.45, 7) is 12.5. The van der Waals surface area contributed by atoms with Gasteiger partial charge in [-0.1, -0.05) is 96.8 Å². The second-order valence-corrected chi connectivity index (χ2v) is 12.3. The maximum Gasteiger partial charge on any atom is 0.325 e. The molecule has 1 saturated heterocycles. The maximum atomic E-state index is 12.6. The molecule has 0 atom stereocenters. The van der Waals surface area contributed by atoms with E-state index in [1.165, 1.54) is 83.5 Å². The van der Waals surface area contributed by atoms with E-state index >= 15 is 0 Å². The quantitative estimate of drug-likeness (QED) is 0.173. The summed E-state index contributed by atoms with van der Waals surface area (Å²) in [5.74, 6) is 0.490. The molecule has 4 heteroatoms. The van der Waals surface area contributed by atoms with Crippen LogP contribution in [0.15, 0.2) is 0 Å². The zero-order valence-electron chi connectivity index (χ0n) is 23.7. The van der Waals surface area contributed by atoms with Gasteiger partial charge in [-0.25, -0.2) is 0 Å². The molecule has 0 unspecified atom stereocenters. The Kier molecular flexibility index (Phi) is 15.3. The van der Waals surface area contributed by atoms with Crippen molar-refractivity contribution in [3.8, 4) is 0 Å². The Bertz CT molecular complexity index is 551. The Labute approximate surface area is 211 Å². The van der Waals surface area contributed by atoms with Gasteiger partial charge in [-0.15, -0.1) is 5.06 Å². The van der Waals surface area contributed by atoms with Gasteiger partial charge in [0.2, 0.25) is 0 Å². The minimum Gasteiger partial charge on any atom is -0.367 e. The summed E-state index contributed by atoms with van der Waals surface area (Å²) in [6, 6.07) is 0. The molecule has 0 aromatic heterocycles. The largest absolute Gasteiger partial charge is 0.367 e. The molecular formula is C30H57NO3. The lowest BCUT2D eigenvalue weighted by Crippen LogP contribution is -2.61. The summed E-state index contributed by atoms with van der Waals surface area (Å²) in [4.78, 5) is 30.1. The van der Waals surface area contributed by atoms with Gasteiger partial charge in [-0.2, -0.15) is 0 Å². The fourth-order valence-electron chi connectivity index (χ4n) is 6.06. The minimum atomic E-state index is -0.257. The lowest BCUT2D eigenvalue weighted by molar-refractivity contribution is -0.272. The number of rotatable bonds is 19. The second kappa shape index (κ2) is 16.7. The monoisotopic (exact) mass is 479 g/mol. The number of hydrogen-bond donors (Lipinski definition) is 0. The van der Waals surface area contributed by atoms with Crippen LogP contribution in [0.1, 0.15) is 164 Å². The van der Waals surface area contributed by atoms with Gasteiger partial charge >= 0.3 is 5.97 Å². The fourth-order valence-corrected chi connectivity index (χ4v) is 6.06. The number of piperidine rings is 1. The molecule has 0 aromatic carbocycles. The van der Waals surface area contributed by atoms with Gasteiger partial charge in [-0.3, -0.25) is 4.79 Å². The van der Waals surface area contributed by atoms with Crippen LogP contribution in [0.5, 0.6) is 0 Å². The first-order chi connectivity index (χ1) is 16.1. The Balaban J connectivity index is 2.09. The van der Waals surface area contributed by atoms with Gasteiger partial charge in [0, 0.05) is 12.8 Å². The van der Waals surface area contributed by atoms with Gasteiger partial charge in [0.15, 0.2) is 0 Å². The van der Waals surface area contributed by atoms with Gasteiger partial charge in [-0.05, 0) is 59.8 Å². The molecule has 0 aliphatic carbocycles. The molecule has 0 spiro atoms. The predicted octanol–water partition coefficient (Wildman–Crippen LogP) is 8.95. The van der Waals surface area contributed by atoms with Crippen LogP contribution in [-0.2, 0) is 14.4 Å². The van der Waals surface area contributed by atoms with E-state index in [2.05, 4.69) is 34.6 Å². The normalized spacial score (nSPS) is 18.2. The SMILES string of the molecule is CCCCCCCCCCCCCCCCCC(=O)ON1C(C)(C)CC(CC(C)=O)CC1(C)C. The summed E-state index contributed by atoms with van der Waals surface area (Å²) < 4.78 is 0. The van der Waals surface area contributed by atoms with E-state index in [1.807, 2.05) is 5.06 Å². The number of carbonyl (C=O) groups excluding carboxylic acids is 2. The van der Waals surface area contributed by atoms with Crippen LogP contribution in [0.2, 0.25) is 0 Å². The molecule has 1 aliphatic heterocycles. The van der Waals surface area contributed by atoms with Crippen molar-refractivity contribution in [3.05, 3.63) is 0 Å². The fraction of sp³-hybridized carbons (Fsp3) is 0.933. The Hall–Kier alpha value is -0.900. The van der Waals surface area contributed by atoms with Crippen LogP contribution in [0, 0.1) is 5.92 Å². The molecule has 1 rings (SSSR count). The summed E-state index contributed by atoms with van der Waals surface area (Å²) in [5, 5.41) is 1.92. The third-order valence-corrected chi connectivity index (χ3v) is 7.43. The van der Waals surface area contributed by atoms with E-state index in [0.717, 1.165) is 25.7 Å². The standard InChI is InChI=1S/C30H57NO3/c1-7-8-9-10-11-12-13-14-15-16-17-18-19-20-21-22-28(33)34-31-29(3,4)24-27(23-26(2)32)25-30(31,5)6/h27H,7-25H2,1-6H3. The Morgan fingerprint density at radius 2 is 1.09 bits per heavy atom. The maximum absolute atomic E-state index is 12.6. The molecule has 34 heavy (non-hydrogen) atoms. The highest BCUT2D eigenvalue weighted by Gasteiger charge is 2.48. The number of unbranched alkanes of at least 4 members (excludes halogenated alkanes) is 14. The van der Waals surface area contributed by atoms with E-state index in [1.54, 1.807) is 6.92 Å². The average molecular weight is 480 g/mol. The van der Waals surface area contributed by atoms with Crippen molar-refractivity contribution in [2.75, 3.05) is 0 Å². The molecule has 200 valence electrons. The highest BCUT2D eigenvalue weighted by molar-refractivity contribution is 5.75. The van der Waals surface area contributed by atoms with Gasteiger partial charge in [0.05, 0.1) is 11.1 Å². The lowest BCUT2D eigenvalue weighted by Gasteiger charge is -2.52. The van der Waals surface area contributed by atoms with E-state index in [0.29, 0.717) is 18.8 Å². The Morgan fingerprint density at radius 1 is 0.706 bits per heavy atom. The van der Waals surface area contributed by atoms with Crippen LogP contribution in [-0.4, -0.2) is 27.9 Å². The first-order valence-corrected chi connectivity index (χ1v) is 14.6. The molecule has 4 nitrogen and oxygen atoms in total. The zero-order chi connectivity index (χ0) is 25.5. The molecule has 0 amide bonds. The van der Waals surface area contributed by atoms with Crippen molar-refractivity contribution in [3.63, 3.8) is 0 Å². The van der Waals surface area contributed by atoms with E-state index in [-0.39, 0.29) is 22.8 Å². The van der Waals surface area contributed by atoms with Crippen molar-refractivity contribution in [1.82, 2.24) is 5.06 Å². The van der Waals surface area contributed by atoms with Crippen molar-refractivity contribution >= 4 is 11.8 Å². The number of ketones is 1. The molecule has 0 aromatic rings. The van der Waals surface area contributed by atoms with Gasteiger partial charge < -0.3 is 9.63 Å². The first kappa shape index (κ1) is 31.1. The molecule has 1 aliphatic rings. The molecule has 1 heterocycles. The lowest BCUT2D eigenvalue weighted by atomic mass is 9.73. The molecule has 0 bridgehead atoms. The first-order valence-electron chi connectivity index (χ1n) is 14.6. The van der Waals surface area contributed by atoms with E-state index in [9.17, 15) is 9.59 Å². The summed E-state index contributed by atoms with van der Waals surface area (Å²) >= 11 is 0. The van der Waals surface area contributed by atoms with Gasteiger partial charge in [0.25, 0.3) is 0 Å². The number of nitrogens with zero attached hydrogens (tertiary/aromatic N) is 1. The van der Waals surface area contributed by atoms with Crippen LogP contribution < -0.4 is 0 Å².